The van der Waals surface area contributed by atoms with Gasteiger partial charge < -0.3 is 18.8 Å². The molecule has 9 heteroatoms. The lowest BCUT2D eigenvalue weighted by Gasteiger charge is -2.35. The van der Waals surface area contributed by atoms with Gasteiger partial charge in [0.1, 0.15) is 0 Å². The van der Waals surface area contributed by atoms with Crippen molar-refractivity contribution in [3.05, 3.63) is 41.7 Å². The van der Waals surface area contributed by atoms with Gasteiger partial charge in [0.25, 0.3) is 15.9 Å². The Morgan fingerprint density at radius 2 is 1.93 bits per heavy atom. The van der Waals surface area contributed by atoms with E-state index >= 15 is 0 Å². The number of hydrogen-bond acceptors (Lipinski definition) is 6. The third-order valence-electron chi connectivity index (χ3n) is 5.43. The highest BCUT2D eigenvalue weighted by Gasteiger charge is 2.30. The number of nitrogens with one attached hydrogen (secondary N) is 1. The zero-order chi connectivity index (χ0) is 21.7. The predicted molar refractivity (Wildman–Crippen MR) is 111 cm³/mol. The molecule has 0 radical (unpaired) electrons. The molecule has 0 saturated carbocycles. The third-order valence-corrected chi connectivity index (χ3v) is 6.71. The summed E-state index contributed by atoms with van der Waals surface area (Å²) in [5.74, 6) is 1.13. The SMILES string of the molecule is CNS(=O)(=O)c1ccc(C(=O)N2CCCCC2CCc2ccc(OC)c(OC)c2)o1. The second-order valence-corrected chi connectivity index (χ2v) is 9.02. The van der Waals surface area contributed by atoms with Crippen molar-refractivity contribution >= 4 is 15.9 Å². The van der Waals surface area contributed by atoms with Crippen LogP contribution in [0.5, 0.6) is 11.5 Å². The van der Waals surface area contributed by atoms with E-state index in [1.165, 1.54) is 19.2 Å². The van der Waals surface area contributed by atoms with Crippen LogP contribution < -0.4 is 14.2 Å². The quantitative estimate of drug-likeness (QED) is 0.683. The van der Waals surface area contributed by atoms with Crippen molar-refractivity contribution in [2.24, 2.45) is 0 Å². The van der Waals surface area contributed by atoms with Crippen molar-refractivity contribution < 1.29 is 27.1 Å². The molecule has 2 heterocycles. The topological polar surface area (TPSA) is 98.1 Å². The van der Waals surface area contributed by atoms with Crippen LogP contribution in [0.2, 0.25) is 0 Å². The number of methoxy groups -OCH3 is 2. The molecule has 0 aliphatic carbocycles. The number of amides is 1. The normalized spacial score (nSPS) is 17.0. The van der Waals surface area contributed by atoms with Gasteiger partial charge in [-0.1, -0.05) is 6.07 Å². The molecule has 30 heavy (non-hydrogen) atoms. The van der Waals surface area contributed by atoms with Gasteiger partial charge in [-0.25, -0.2) is 13.1 Å². The van der Waals surface area contributed by atoms with Crippen molar-refractivity contribution in [2.45, 2.75) is 43.2 Å². The Balaban J connectivity index is 1.71. The van der Waals surface area contributed by atoms with Gasteiger partial charge in [-0.3, -0.25) is 4.79 Å². The third kappa shape index (κ3) is 4.79. The Bertz CT molecular complexity index is 985. The zero-order valence-corrected chi connectivity index (χ0v) is 18.3. The number of aryl methyl sites for hydroxylation is 1. The first kappa shape index (κ1) is 22.2. The number of rotatable bonds is 8. The average Bonchev–Trinajstić information content (AvgIpc) is 3.28. The second-order valence-electron chi connectivity index (χ2n) is 7.20. The molecule has 1 saturated heterocycles. The second kappa shape index (κ2) is 9.53. The van der Waals surface area contributed by atoms with Crippen LogP contribution in [0.1, 0.15) is 41.8 Å². The lowest BCUT2D eigenvalue weighted by molar-refractivity contribution is 0.0564. The number of ether oxygens (including phenoxy) is 2. The molecule has 1 fully saturated rings. The molecule has 1 aromatic carbocycles. The Labute approximate surface area is 177 Å². The van der Waals surface area contributed by atoms with E-state index in [1.807, 2.05) is 18.2 Å². The van der Waals surface area contributed by atoms with Gasteiger partial charge in [0, 0.05) is 12.6 Å². The zero-order valence-electron chi connectivity index (χ0n) is 17.5. The summed E-state index contributed by atoms with van der Waals surface area (Å²) in [5, 5.41) is -0.257. The smallest absolute Gasteiger partial charge is 0.289 e. The number of carbonyl (C=O) groups is 1. The molecule has 1 N–H and O–H groups in total. The summed E-state index contributed by atoms with van der Waals surface area (Å²) in [6.45, 7) is 0.629. The summed E-state index contributed by atoms with van der Waals surface area (Å²) in [6.07, 6.45) is 4.45. The number of piperidine rings is 1. The molecule has 164 valence electrons. The number of nitrogens with zero attached hydrogens (tertiary/aromatic N) is 1. The minimum absolute atomic E-state index is 0.0434. The Morgan fingerprint density at radius 1 is 1.17 bits per heavy atom. The molecule has 2 aromatic rings. The van der Waals surface area contributed by atoms with E-state index in [0.717, 1.165) is 37.7 Å². The number of furan rings is 1. The highest BCUT2D eigenvalue weighted by Crippen LogP contribution is 2.29. The molecular formula is C21H28N2O6S. The van der Waals surface area contributed by atoms with Crippen molar-refractivity contribution in [1.29, 1.82) is 0 Å². The van der Waals surface area contributed by atoms with E-state index in [9.17, 15) is 13.2 Å². The molecule has 1 unspecified atom stereocenters. The van der Waals surface area contributed by atoms with Crippen LogP contribution in [0.4, 0.5) is 0 Å². The van der Waals surface area contributed by atoms with Gasteiger partial charge in [0.05, 0.1) is 14.2 Å². The maximum atomic E-state index is 13.0. The summed E-state index contributed by atoms with van der Waals surface area (Å²) in [5.41, 5.74) is 1.10. The van der Waals surface area contributed by atoms with Gasteiger partial charge >= 0.3 is 0 Å². The highest BCUT2D eigenvalue weighted by molar-refractivity contribution is 7.89. The van der Waals surface area contributed by atoms with Crippen LogP contribution in [0.15, 0.2) is 39.8 Å². The number of likely N-dealkylation sites (tertiary alicyclic amines) is 1. The maximum Gasteiger partial charge on any atom is 0.289 e. The molecule has 0 bridgehead atoms. The van der Waals surface area contributed by atoms with Crippen LogP contribution in [-0.2, 0) is 16.4 Å². The van der Waals surface area contributed by atoms with Crippen molar-refractivity contribution in [3.63, 3.8) is 0 Å². The summed E-state index contributed by atoms with van der Waals surface area (Å²) in [7, 11) is 0.785. The molecule has 0 spiro atoms. The average molecular weight is 437 g/mol. The van der Waals surface area contributed by atoms with Crippen molar-refractivity contribution in [2.75, 3.05) is 27.8 Å². The minimum Gasteiger partial charge on any atom is -0.493 e. The Hall–Kier alpha value is -2.52. The summed E-state index contributed by atoms with van der Waals surface area (Å²) in [4.78, 5) is 14.8. The van der Waals surface area contributed by atoms with Crippen LogP contribution in [-0.4, -0.2) is 53.1 Å². The Kier molecular flexibility index (Phi) is 7.04. The number of sulfonamides is 1. The van der Waals surface area contributed by atoms with Crippen molar-refractivity contribution in [3.8, 4) is 11.5 Å². The predicted octanol–water partition coefficient (Wildman–Crippen LogP) is 2.83. The summed E-state index contributed by atoms with van der Waals surface area (Å²) in [6, 6.07) is 8.62. The first-order valence-corrected chi connectivity index (χ1v) is 11.4. The van der Waals surface area contributed by atoms with E-state index in [2.05, 4.69) is 4.72 Å². The lowest BCUT2D eigenvalue weighted by Crippen LogP contribution is -2.43. The van der Waals surface area contributed by atoms with Crippen molar-refractivity contribution in [1.82, 2.24) is 9.62 Å². The number of benzene rings is 1. The van der Waals surface area contributed by atoms with E-state index < -0.39 is 10.0 Å². The molecule has 1 aromatic heterocycles. The summed E-state index contributed by atoms with van der Waals surface area (Å²) < 4.78 is 42.0. The molecule has 1 aliphatic heterocycles. The Morgan fingerprint density at radius 3 is 2.63 bits per heavy atom. The molecule has 8 nitrogen and oxygen atoms in total. The fraction of sp³-hybridized carbons (Fsp3) is 0.476. The molecule has 1 atom stereocenters. The molecule has 3 rings (SSSR count). The van der Waals surface area contributed by atoms with Gasteiger partial charge in [-0.15, -0.1) is 0 Å². The van der Waals surface area contributed by atoms with E-state index in [1.54, 1.807) is 19.1 Å². The monoisotopic (exact) mass is 436 g/mol. The fourth-order valence-electron chi connectivity index (χ4n) is 3.76. The first-order chi connectivity index (χ1) is 14.4. The molecular weight excluding hydrogens is 408 g/mol. The lowest BCUT2D eigenvalue weighted by atomic mass is 9.95. The van der Waals surface area contributed by atoms with E-state index in [0.29, 0.717) is 18.0 Å². The fourth-order valence-corrected chi connectivity index (χ4v) is 4.41. The first-order valence-electron chi connectivity index (χ1n) is 9.95. The number of carbonyl (C=O) groups excluding carboxylic acids is 1. The van der Waals surface area contributed by atoms with E-state index in [-0.39, 0.29) is 22.8 Å². The standard InChI is InChI=1S/C21H28N2O6S/c1-22-30(25,26)20-12-11-18(29-20)21(24)23-13-5-4-6-16(23)9-7-15-8-10-17(27-2)19(14-15)28-3/h8,10-12,14,16,22H,4-7,9,13H2,1-3H3. The van der Waals surface area contributed by atoms with Gasteiger partial charge in [0.15, 0.2) is 17.3 Å². The molecule has 1 amide bonds. The highest BCUT2D eigenvalue weighted by atomic mass is 32.2. The van der Waals surface area contributed by atoms with Crippen LogP contribution in [0.3, 0.4) is 0 Å². The van der Waals surface area contributed by atoms with Gasteiger partial charge in [0.2, 0.25) is 5.09 Å². The number of hydrogen-bond donors (Lipinski definition) is 1. The van der Waals surface area contributed by atoms with Crippen LogP contribution >= 0.6 is 0 Å². The van der Waals surface area contributed by atoms with Gasteiger partial charge in [-0.2, -0.15) is 0 Å². The summed E-state index contributed by atoms with van der Waals surface area (Å²) >= 11 is 0. The van der Waals surface area contributed by atoms with E-state index in [4.69, 9.17) is 13.9 Å². The van der Waals surface area contributed by atoms with Gasteiger partial charge in [-0.05, 0) is 69.0 Å². The maximum absolute atomic E-state index is 13.0. The van der Waals surface area contributed by atoms with Crippen LogP contribution in [0.25, 0.3) is 0 Å². The molecule has 1 aliphatic rings. The minimum atomic E-state index is -3.72. The van der Waals surface area contributed by atoms with Crippen LogP contribution in [0, 0.1) is 0 Å². The largest absolute Gasteiger partial charge is 0.493 e.